The lowest BCUT2D eigenvalue weighted by Crippen LogP contribution is -2.37. The number of likely N-dealkylation sites (tertiary alicyclic amines) is 1. The average molecular weight is 407 g/mol. The van der Waals surface area contributed by atoms with Crippen LogP contribution < -0.4 is 9.47 Å². The number of Topliss-reactive ketones (excluding diaryl/α,β-unsaturated/α-hetero) is 1. The summed E-state index contributed by atoms with van der Waals surface area (Å²) in [5.74, 6) is -0.0254. The SMILES string of the molecule is COc1ccc(C(O)=C2C(=O)C(=O)N(C3CCCC3)[C@H]2c2ccc(OC)cc2)cc1. The van der Waals surface area contributed by atoms with Crippen LogP contribution in [0.1, 0.15) is 42.9 Å². The Labute approximate surface area is 175 Å². The van der Waals surface area contributed by atoms with Gasteiger partial charge in [0, 0.05) is 11.6 Å². The van der Waals surface area contributed by atoms with Gasteiger partial charge in [-0.3, -0.25) is 9.59 Å². The molecule has 2 fully saturated rings. The highest BCUT2D eigenvalue weighted by atomic mass is 16.5. The molecule has 30 heavy (non-hydrogen) atoms. The maximum Gasteiger partial charge on any atom is 0.295 e. The van der Waals surface area contributed by atoms with Crippen LogP contribution in [0.3, 0.4) is 0 Å². The number of ketones is 1. The second-order valence-corrected chi connectivity index (χ2v) is 7.65. The molecule has 1 aliphatic heterocycles. The Morgan fingerprint density at radius 1 is 0.900 bits per heavy atom. The minimum atomic E-state index is -0.643. The van der Waals surface area contributed by atoms with Crippen LogP contribution in [0.2, 0.25) is 0 Å². The largest absolute Gasteiger partial charge is 0.507 e. The van der Waals surface area contributed by atoms with Gasteiger partial charge in [-0.1, -0.05) is 25.0 Å². The highest BCUT2D eigenvalue weighted by Crippen LogP contribution is 2.43. The van der Waals surface area contributed by atoms with Crippen molar-refractivity contribution in [3.05, 3.63) is 65.2 Å². The monoisotopic (exact) mass is 407 g/mol. The third kappa shape index (κ3) is 3.43. The Balaban J connectivity index is 1.84. The van der Waals surface area contributed by atoms with E-state index in [1.54, 1.807) is 55.5 Å². The van der Waals surface area contributed by atoms with E-state index in [1.165, 1.54) is 0 Å². The van der Waals surface area contributed by atoms with Crippen molar-refractivity contribution in [1.82, 2.24) is 4.90 Å². The fraction of sp³-hybridized carbons (Fsp3) is 0.333. The molecule has 1 aliphatic carbocycles. The van der Waals surface area contributed by atoms with E-state index in [9.17, 15) is 14.7 Å². The highest BCUT2D eigenvalue weighted by molar-refractivity contribution is 6.46. The number of aliphatic hydroxyl groups is 1. The minimum Gasteiger partial charge on any atom is -0.507 e. The molecule has 0 spiro atoms. The molecule has 0 aromatic heterocycles. The van der Waals surface area contributed by atoms with Gasteiger partial charge in [0.2, 0.25) is 0 Å². The summed E-state index contributed by atoms with van der Waals surface area (Å²) in [7, 11) is 3.15. The molecule has 1 N–H and O–H groups in total. The Morgan fingerprint density at radius 2 is 1.43 bits per heavy atom. The zero-order valence-corrected chi connectivity index (χ0v) is 17.1. The third-order valence-corrected chi connectivity index (χ3v) is 5.99. The molecule has 1 amide bonds. The predicted molar refractivity (Wildman–Crippen MR) is 112 cm³/mol. The second kappa shape index (κ2) is 8.22. The third-order valence-electron chi connectivity index (χ3n) is 5.99. The van der Waals surface area contributed by atoms with E-state index in [2.05, 4.69) is 0 Å². The van der Waals surface area contributed by atoms with Crippen LogP contribution in [0.4, 0.5) is 0 Å². The van der Waals surface area contributed by atoms with Crippen LogP contribution >= 0.6 is 0 Å². The first-order valence-corrected chi connectivity index (χ1v) is 10.1. The second-order valence-electron chi connectivity index (χ2n) is 7.65. The number of carbonyl (C=O) groups is 2. The van der Waals surface area contributed by atoms with Crippen molar-refractivity contribution in [2.75, 3.05) is 14.2 Å². The first kappa shape index (κ1) is 20.0. The fourth-order valence-electron chi connectivity index (χ4n) is 4.43. The molecule has 0 radical (unpaired) electrons. The molecule has 156 valence electrons. The van der Waals surface area contributed by atoms with Crippen molar-refractivity contribution in [2.45, 2.75) is 37.8 Å². The van der Waals surface area contributed by atoms with E-state index in [0.717, 1.165) is 31.2 Å². The van der Waals surface area contributed by atoms with Crippen molar-refractivity contribution in [1.29, 1.82) is 0 Å². The van der Waals surface area contributed by atoms with Gasteiger partial charge >= 0.3 is 0 Å². The number of methoxy groups -OCH3 is 2. The Hall–Kier alpha value is -3.28. The predicted octanol–water partition coefficient (Wildman–Crippen LogP) is 4.07. The maximum absolute atomic E-state index is 13.1. The lowest BCUT2D eigenvalue weighted by molar-refractivity contribution is -0.141. The number of carbonyl (C=O) groups excluding carboxylic acids is 2. The zero-order valence-electron chi connectivity index (χ0n) is 17.1. The first-order valence-electron chi connectivity index (χ1n) is 10.1. The summed E-state index contributed by atoms with van der Waals surface area (Å²) >= 11 is 0. The number of hydrogen-bond acceptors (Lipinski definition) is 5. The molecule has 2 aliphatic rings. The number of benzene rings is 2. The van der Waals surface area contributed by atoms with E-state index in [1.807, 2.05) is 12.1 Å². The van der Waals surface area contributed by atoms with Gasteiger partial charge in [0.25, 0.3) is 11.7 Å². The summed E-state index contributed by atoms with van der Waals surface area (Å²) in [6.07, 6.45) is 3.79. The topological polar surface area (TPSA) is 76.1 Å². The van der Waals surface area contributed by atoms with Gasteiger partial charge < -0.3 is 19.5 Å². The molecule has 6 nitrogen and oxygen atoms in total. The normalized spacial score (nSPS) is 21.3. The number of ether oxygens (including phenoxy) is 2. The van der Waals surface area contributed by atoms with Crippen LogP contribution in [0.25, 0.3) is 5.76 Å². The molecule has 4 rings (SSSR count). The van der Waals surface area contributed by atoms with Crippen molar-refractivity contribution in [2.24, 2.45) is 0 Å². The summed E-state index contributed by atoms with van der Waals surface area (Å²) in [4.78, 5) is 27.8. The molecule has 1 saturated heterocycles. The van der Waals surface area contributed by atoms with E-state index in [-0.39, 0.29) is 17.4 Å². The molecule has 1 atom stereocenters. The summed E-state index contributed by atoms with van der Waals surface area (Å²) in [5, 5.41) is 11.1. The van der Waals surface area contributed by atoms with Gasteiger partial charge in [-0.2, -0.15) is 0 Å². The first-order chi connectivity index (χ1) is 14.5. The van der Waals surface area contributed by atoms with Gasteiger partial charge in [-0.15, -0.1) is 0 Å². The van der Waals surface area contributed by atoms with E-state index >= 15 is 0 Å². The Morgan fingerprint density at radius 3 is 1.97 bits per heavy atom. The van der Waals surface area contributed by atoms with Gasteiger partial charge in [0.05, 0.1) is 25.8 Å². The summed E-state index contributed by atoms with van der Waals surface area (Å²) < 4.78 is 10.4. The van der Waals surface area contributed by atoms with Crippen molar-refractivity contribution in [3.63, 3.8) is 0 Å². The quantitative estimate of drug-likeness (QED) is 0.459. The number of amides is 1. The van der Waals surface area contributed by atoms with Crippen LogP contribution in [0, 0.1) is 0 Å². The van der Waals surface area contributed by atoms with Gasteiger partial charge in [-0.05, 0) is 54.8 Å². The molecule has 0 bridgehead atoms. The Bertz CT molecular complexity index is 972. The van der Waals surface area contributed by atoms with E-state index < -0.39 is 17.7 Å². The molecule has 1 heterocycles. The molecule has 0 unspecified atom stereocenters. The fourth-order valence-corrected chi connectivity index (χ4v) is 4.43. The number of nitrogens with zero attached hydrogens (tertiary/aromatic N) is 1. The molecule has 2 aromatic carbocycles. The molecular formula is C24H25NO5. The smallest absolute Gasteiger partial charge is 0.295 e. The summed E-state index contributed by atoms with van der Waals surface area (Å²) in [6.45, 7) is 0. The maximum atomic E-state index is 13.1. The summed E-state index contributed by atoms with van der Waals surface area (Å²) in [6, 6.07) is 13.5. The Kier molecular flexibility index (Phi) is 5.48. The van der Waals surface area contributed by atoms with E-state index in [4.69, 9.17) is 9.47 Å². The van der Waals surface area contributed by atoms with Crippen LogP contribution in [-0.4, -0.2) is 42.0 Å². The zero-order chi connectivity index (χ0) is 21.3. The number of hydrogen-bond donors (Lipinski definition) is 1. The van der Waals surface area contributed by atoms with Crippen molar-refractivity contribution >= 4 is 17.4 Å². The lowest BCUT2D eigenvalue weighted by atomic mass is 9.94. The summed E-state index contributed by atoms with van der Waals surface area (Å²) in [5.41, 5.74) is 1.37. The molecule has 6 heteroatoms. The number of rotatable bonds is 5. The molecule has 2 aromatic rings. The minimum absolute atomic E-state index is 0.00489. The lowest BCUT2D eigenvalue weighted by Gasteiger charge is -2.30. The average Bonchev–Trinajstić information content (AvgIpc) is 3.40. The number of aliphatic hydroxyl groups excluding tert-OH is 1. The highest BCUT2D eigenvalue weighted by Gasteiger charge is 2.49. The van der Waals surface area contributed by atoms with Crippen molar-refractivity contribution < 1.29 is 24.2 Å². The van der Waals surface area contributed by atoms with Crippen LogP contribution in [0.15, 0.2) is 54.1 Å². The molecular weight excluding hydrogens is 382 g/mol. The van der Waals surface area contributed by atoms with Crippen molar-refractivity contribution in [3.8, 4) is 11.5 Å². The van der Waals surface area contributed by atoms with Gasteiger partial charge in [0.15, 0.2) is 0 Å². The van der Waals surface area contributed by atoms with Gasteiger partial charge in [0.1, 0.15) is 17.3 Å². The standard InChI is InChI=1S/C24H25NO5/c1-29-18-11-7-15(8-12-18)21-20(22(26)16-9-13-19(30-2)14-10-16)23(27)24(28)25(21)17-5-3-4-6-17/h7-14,17,21,26H,3-6H2,1-2H3/t21-/m0/s1. The van der Waals surface area contributed by atoms with Crippen LogP contribution in [-0.2, 0) is 9.59 Å². The van der Waals surface area contributed by atoms with Gasteiger partial charge in [-0.25, -0.2) is 0 Å². The van der Waals surface area contributed by atoms with E-state index in [0.29, 0.717) is 17.1 Å². The van der Waals surface area contributed by atoms with Crippen LogP contribution in [0.5, 0.6) is 11.5 Å². The molecule has 1 saturated carbocycles.